The summed E-state index contributed by atoms with van der Waals surface area (Å²) in [6.45, 7) is 3.69. The Morgan fingerprint density at radius 2 is 1.91 bits per heavy atom. The van der Waals surface area contributed by atoms with E-state index in [1.54, 1.807) is 29.8 Å². The van der Waals surface area contributed by atoms with Gasteiger partial charge >= 0.3 is 0 Å². The molecule has 1 aromatic carbocycles. The standard InChI is InChI=1S/C25H24FN7O2.C5H5FNO/c1-14-5-6-16(24(34)31-17-7-8-17)10-20(14)32-23-22-15(2)18(12-33(22)30-13-29-23)25(35)28-11-21-19(26)4-3-9-27-21;6-5-2-1-3-7(8)4-5/h3-6,9-10,12-13,17H,7-8,11H2,1-2H3,(H,28,35)(H,31,34)(H,29,30,32);1-4,8H/q;+1. The Labute approximate surface area is 245 Å². The maximum Gasteiger partial charge on any atom is 0.257 e. The number of pyridine rings is 2. The highest BCUT2D eigenvalue weighted by atomic mass is 19.1. The molecule has 4 aromatic heterocycles. The van der Waals surface area contributed by atoms with Gasteiger partial charge in [0, 0.05) is 40.5 Å². The van der Waals surface area contributed by atoms with Crippen LogP contribution in [-0.4, -0.2) is 42.6 Å². The van der Waals surface area contributed by atoms with Gasteiger partial charge in [0.15, 0.2) is 11.6 Å². The van der Waals surface area contributed by atoms with Crippen molar-refractivity contribution in [2.45, 2.75) is 39.3 Å². The summed E-state index contributed by atoms with van der Waals surface area (Å²) in [4.78, 5) is 33.7. The molecule has 6 rings (SSSR count). The van der Waals surface area contributed by atoms with Crippen molar-refractivity contribution in [2.75, 3.05) is 5.32 Å². The number of carbonyl (C=O) groups excluding carboxylic acids is 2. The van der Waals surface area contributed by atoms with Crippen LogP contribution in [-0.2, 0) is 6.54 Å². The molecule has 0 unspecified atom stereocenters. The second-order valence-electron chi connectivity index (χ2n) is 9.99. The van der Waals surface area contributed by atoms with Crippen molar-refractivity contribution in [3.8, 4) is 0 Å². The molecule has 5 aromatic rings. The fraction of sp³-hybridized carbons (Fsp3) is 0.200. The fourth-order valence-corrected chi connectivity index (χ4v) is 4.25. The van der Waals surface area contributed by atoms with Crippen molar-refractivity contribution in [3.05, 3.63) is 113 Å². The predicted octanol–water partition coefficient (Wildman–Crippen LogP) is 3.80. The highest BCUT2D eigenvalue weighted by Crippen LogP contribution is 2.28. The first-order valence-electron chi connectivity index (χ1n) is 13.4. The molecule has 0 saturated heterocycles. The number of amides is 2. The smallest absolute Gasteiger partial charge is 0.257 e. The number of anilines is 2. The van der Waals surface area contributed by atoms with E-state index in [-0.39, 0.29) is 30.1 Å². The zero-order valence-corrected chi connectivity index (χ0v) is 23.4. The zero-order valence-electron chi connectivity index (χ0n) is 23.4. The van der Waals surface area contributed by atoms with E-state index in [0.717, 1.165) is 30.3 Å². The molecule has 1 saturated carbocycles. The lowest BCUT2D eigenvalue weighted by Crippen LogP contribution is -2.28. The lowest BCUT2D eigenvalue weighted by molar-refractivity contribution is -0.905. The zero-order chi connectivity index (χ0) is 30.5. The summed E-state index contributed by atoms with van der Waals surface area (Å²) in [7, 11) is 0. The molecule has 0 atom stereocenters. The molecule has 2 amide bonds. The second kappa shape index (κ2) is 12.6. The first kappa shape index (κ1) is 29.0. The fourth-order valence-electron chi connectivity index (χ4n) is 4.25. The molecule has 0 spiro atoms. The van der Waals surface area contributed by atoms with Gasteiger partial charge in [0.05, 0.1) is 17.8 Å². The molecule has 220 valence electrons. The number of fused-ring (bicyclic) bond motifs is 1. The van der Waals surface area contributed by atoms with Gasteiger partial charge in [-0.05, 0) is 68.1 Å². The Kier molecular flexibility index (Phi) is 8.51. The molecular weight excluding hydrogens is 558 g/mol. The Balaban J connectivity index is 0.000000400. The van der Waals surface area contributed by atoms with Gasteiger partial charge in [0.2, 0.25) is 6.20 Å². The number of hydrogen-bond donors (Lipinski definition) is 4. The third kappa shape index (κ3) is 7.07. The van der Waals surface area contributed by atoms with E-state index in [9.17, 15) is 18.4 Å². The number of hydrogen-bond acceptors (Lipinski definition) is 7. The lowest BCUT2D eigenvalue weighted by Gasteiger charge is -2.12. The Bertz CT molecular complexity index is 1790. The molecule has 43 heavy (non-hydrogen) atoms. The molecule has 0 radical (unpaired) electrons. The van der Waals surface area contributed by atoms with Crippen LogP contribution < -0.4 is 20.7 Å². The normalized spacial score (nSPS) is 12.3. The first-order chi connectivity index (χ1) is 20.7. The monoisotopic (exact) mass is 587 g/mol. The molecule has 4 N–H and O–H groups in total. The second-order valence-corrected chi connectivity index (χ2v) is 9.99. The molecule has 0 aliphatic heterocycles. The third-order valence-corrected chi connectivity index (χ3v) is 6.74. The number of carbonyl (C=O) groups is 2. The summed E-state index contributed by atoms with van der Waals surface area (Å²) in [5.74, 6) is -0.915. The van der Waals surface area contributed by atoms with Crippen LogP contribution in [0, 0.1) is 25.5 Å². The van der Waals surface area contributed by atoms with Gasteiger partial charge in [-0.1, -0.05) is 6.07 Å². The number of rotatable bonds is 7. The average molecular weight is 588 g/mol. The van der Waals surface area contributed by atoms with Crippen LogP contribution in [0.3, 0.4) is 0 Å². The number of nitrogens with zero attached hydrogens (tertiary/aromatic N) is 5. The maximum atomic E-state index is 13.9. The van der Waals surface area contributed by atoms with Crippen LogP contribution in [0.1, 0.15) is 50.4 Å². The molecule has 0 bridgehead atoms. The summed E-state index contributed by atoms with van der Waals surface area (Å²) in [5.41, 5.74) is 4.05. The van der Waals surface area contributed by atoms with E-state index < -0.39 is 11.6 Å². The number of aromatic nitrogens is 5. The summed E-state index contributed by atoms with van der Waals surface area (Å²) in [5, 5.41) is 21.7. The highest BCUT2D eigenvalue weighted by Gasteiger charge is 2.24. The van der Waals surface area contributed by atoms with Crippen molar-refractivity contribution in [1.29, 1.82) is 0 Å². The van der Waals surface area contributed by atoms with Crippen LogP contribution in [0.25, 0.3) is 5.52 Å². The number of benzene rings is 1. The molecule has 1 aliphatic carbocycles. The van der Waals surface area contributed by atoms with Gasteiger partial charge in [-0.3, -0.25) is 19.8 Å². The van der Waals surface area contributed by atoms with E-state index in [4.69, 9.17) is 5.21 Å². The first-order valence-corrected chi connectivity index (χ1v) is 13.4. The molecule has 13 heteroatoms. The summed E-state index contributed by atoms with van der Waals surface area (Å²) < 4.78 is 28.1. The van der Waals surface area contributed by atoms with Gasteiger partial charge in [0.1, 0.15) is 17.7 Å². The number of halogens is 2. The predicted molar refractivity (Wildman–Crippen MR) is 152 cm³/mol. The van der Waals surface area contributed by atoms with Crippen molar-refractivity contribution in [2.24, 2.45) is 0 Å². The summed E-state index contributed by atoms with van der Waals surface area (Å²) >= 11 is 0. The van der Waals surface area contributed by atoms with Crippen molar-refractivity contribution in [1.82, 2.24) is 30.2 Å². The molecular formula is C30H29F2N8O3+. The van der Waals surface area contributed by atoms with E-state index in [0.29, 0.717) is 32.8 Å². The van der Waals surface area contributed by atoms with Crippen LogP contribution in [0.15, 0.2) is 73.6 Å². The Hall–Kier alpha value is -5.46. The highest BCUT2D eigenvalue weighted by molar-refractivity contribution is 5.99. The van der Waals surface area contributed by atoms with Crippen LogP contribution in [0.2, 0.25) is 0 Å². The minimum atomic E-state index is -0.479. The van der Waals surface area contributed by atoms with Gasteiger partial charge in [-0.2, -0.15) is 5.10 Å². The van der Waals surface area contributed by atoms with Crippen molar-refractivity contribution >= 4 is 28.8 Å². The third-order valence-electron chi connectivity index (χ3n) is 6.74. The Morgan fingerprint density at radius 1 is 1.09 bits per heavy atom. The maximum absolute atomic E-state index is 13.9. The minimum Gasteiger partial charge on any atom is -0.349 e. The lowest BCUT2D eigenvalue weighted by atomic mass is 10.1. The summed E-state index contributed by atoms with van der Waals surface area (Å²) in [6, 6.07) is 11.2. The van der Waals surface area contributed by atoms with Gasteiger partial charge in [-0.15, -0.1) is 0 Å². The largest absolute Gasteiger partial charge is 0.349 e. The van der Waals surface area contributed by atoms with Gasteiger partial charge in [-0.25, -0.2) is 18.3 Å². The Morgan fingerprint density at radius 3 is 2.60 bits per heavy atom. The van der Waals surface area contributed by atoms with Gasteiger partial charge < -0.3 is 16.0 Å². The van der Waals surface area contributed by atoms with Crippen molar-refractivity contribution < 1.29 is 28.3 Å². The van der Waals surface area contributed by atoms with Gasteiger partial charge in [0.25, 0.3) is 18.0 Å². The molecule has 4 heterocycles. The van der Waals surface area contributed by atoms with E-state index in [1.807, 2.05) is 13.0 Å². The van der Waals surface area contributed by atoms with E-state index >= 15 is 0 Å². The van der Waals surface area contributed by atoms with Crippen LogP contribution >= 0.6 is 0 Å². The number of aryl methyl sites for hydroxylation is 2. The number of nitrogens with one attached hydrogen (secondary N) is 3. The van der Waals surface area contributed by atoms with Crippen LogP contribution in [0.4, 0.5) is 20.3 Å². The molecule has 11 nitrogen and oxygen atoms in total. The SMILES string of the molecule is Cc1ccc(C(=O)NC2CC2)cc1Nc1ncnn2cc(C(=O)NCc3ncccc3F)c(C)c12.O[n+]1cccc(F)c1. The average Bonchev–Trinajstić information content (AvgIpc) is 3.73. The van der Waals surface area contributed by atoms with E-state index in [2.05, 4.69) is 31.0 Å². The topological polar surface area (TPSA) is 137 Å². The van der Waals surface area contributed by atoms with E-state index in [1.165, 1.54) is 43.0 Å². The van der Waals surface area contributed by atoms with Crippen LogP contribution in [0.5, 0.6) is 0 Å². The molecule has 1 aliphatic rings. The minimum absolute atomic E-state index is 0.0389. The summed E-state index contributed by atoms with van der Waals surface area (Å²) in [6.07, 6.45) is 8.81. The quantitative estimate of drug-likeness (QED) is 0.168. The van der Waals surface area contributed by atoms with Crippen molar-refractivity contribution in [3.63, 3.8) is 0 Å². The molecule has 1 fully saturated rings.